The fraction of sp³-hybridized carbons (Fsp3) is 0.333. The highest BCUT2D eigenvalue weighted by Crippen LogP contribution is 2.07. The maximum atomic E-state index is 5.41. The Bertz CT molecular complexity index is 248. The van der Waals surface area contributed by atoms with Crippen LogP contribution in [-0.2, 0) is 0 Å². The molecule has 0 aliphatic carbocycles. The lowest BCUT2D eigenvalue weighted by atomic mass is 10.3. The van der Waals surface area contributed by atoms with Crippen LogP contribution in [-0.4, -0.2) is 33.2 Å². The van der Waals surface area contributed by atoms with Crippen molar-refractivity contribution < 1.29 is 4.74 Å². The summed E-state index contributed by atoms with van der Waals surface area (Å²) in [5.74, 6) is 1.02. The third kappa shape index (κ3) is 3.13. The van der Waals surface area contributed by atoms with Crippen LogP contribution in [0.4, 0.5) is 0 Å². The highest BCUT2D eigenvalue weighted by atomic mass is 29.5. The molecule has 1 aromatic rings. The van der Waals surface area contributed by atoms with Gasteiger partial charge in [-0.2, -0.15) is 0 Å². The van der Waals surface area contributed by atoms with Crippen LogP contribution < -0.4 is 9.92 Å². The van der Waals surface area contributed by atoms with Gasteiger partial charge in [-0.3, -0.25) is 0 Å². The fourth-order valence-electron chi connectivity index (χ4n) is 1.29. The van der Waals surface area contributed by atoms with Gasteiger partial charge >= 0.3 is 0 Å². The normalized spacial score (nSPS) is 13.7. The van der Waals surface area contributed by atoms with Gasteiger partial charge in [-0.1, -0.05) is 23.9 Å². The Morgan fingerprint density at radius 1 is 1.38 bits per heavy atom. The smallest absolute Gasteiger partial charge is 0.119 e. The van der Waals surface area contributed by atoms with Crippen molar-refractivity contribution in [1.29, 1.82) is 0 Å². The molecule has 4 heteroatoms. The highest BCUT2D eigenvalue weighted by Gasteiger charge is 2.03. The Hall–Kier alpha value is -0.329. The molecule has 13 heavy (non-hydrogen) atoms. The SMILES string of the molecule is CCOc1ccc([SiH](C)[SiH2][SiH3])cc1. The predicted octanol–water partition coefficient (Wildman–Crippen LogP) is -0.905. The second kappa shape index (κ2) is 5.41. The maximum Gasteiger partial charge on any atom is 0.119 e. The summed E-state index contributed by atoms with van der Waals surface area (Å²) < 4.78 is 5.41. The fourth-order valence-corrected chi connectivity index (χ4v) is 9.09. The number of hydrogen-bond acceptors (Lipinski definition) is 1. The van der Waals surface area contributed by atoms with E-state index in [4.69, 9.17) is 4.74 Å². The Balaban J connectivity index is 2.69. The van der Waals surface area contributed by atoms with Gasteiger partial charge in [0.05, 0.1) is 14.9 Å². The monoisotopic (exact) mass is 226 g/mol. The Labute approximate surface area is 86.9 Å². The number of hydrogen-bond donors (Lipinski definition) is 0. The van der Waals surface area contributed by atoms with E-state index in [1.807, 2.05) is 6.92 Å². The van der Waals surface area contributed by atoms with E-state index < -0.39 is 8.31 Å². The van der Waals surface area contributed by atoms with Gasteiger partial charge in [0.1, 0.15) is 5.75 Å². The van der Waals surface area contributed by atoms with E-state index in [0.717, 1.165) is 12.4 Å². The van der Waals surface area contributed by atoms with E-state index in [1.165, 1.54) is 9.76 Å². The van der Waals surface area contributed by atoms with Gasteiger partial charge in [-0.05, 0) is 28.8 Å². The molecule has 0 aromatic heterocycles. The molecule has 0 amide bonds. The predicted molar refractivity (Wildman–Crippen MR) is 68.7 cm³/mol. The quantitative estimate of drug-likeness (QED) is 0.605. The molecule has 1 rings (SSSR count). The molecule has 0 N–H and O–H groups in total. The summed E-state index contributed by atoms with van der Waals surface area (Å²) in [4.78, 5) is 0. The van der Waals surface area contributed by atoms with Gasteiger partial charge in [-0.15, -0.1) is 0 Å². The molecule has 0 aliphatic heterocycles. The molecule has 72 valence electrons. The third-order valence-electron chi connectivity index (χ3n) is 2.37. The Morgan fingerprint density at radius 3 is 2.46 bits per heavy atom. The topological polar surface area (TPSA) is 9.23 Å². The molecule has 0 saturated carbocycles. The second-order valence-corrected chi connectivity index (χ2v) is 20.1. The van der Waals surface area contributed by atoms with Crippen molar-refractivity contribution in [3.63, 3.8) is 0 Å². The van der Waals surface area contributed by atoms with Crippen molar-refractivity contribution in [3.8, 4) is 5.75 Å². The van der Waals surface area contributed by atoms with Gasteiger partial charge in [0.15, 0.2) is 0 Å². The van der Waals surface area contributed by atoms with Crippen molar-refractivity contribution in [3.05, 3.63) is 24.3 Å². The molecule has 0 fully saturated rings. The molecule has 1 atom stereocenters. The minimum absolute atomic E-state index is 0.353. The lowest BCUT2D eigenvalue weighted by molar-refractivity contribution is 0.340. The van der Waals surface area contributed by atoms with Crippen LogP contribution in [0.1, 0.15) is 6.92 Å². The van der Waals surface area contributed by atoms with E-state index in [-0.39, 0.29) is 0 Å². The van der Waals surface area contributed by atoms with E-state index in [9.17, 15) is 0 Å². The van der Waals surface area contributed by atoms with Crippen LogP contribution in [0.2, 0.25) is 6.55 Å². The molecule has 0 spiro atoms. The molecule has 0 heterocycles. The molecule has 1 nitrogen and oxygen atoms in total. The molecular formula is C9H18OSi3. The third-order valence-corrected chi connectivity index (χ3v) is 21.2. The van der Waals surface area contributed by atoms with Crippen molar-refractivity contribution in [1.82, 2.24) is 0 Å². The molecule has 1 aromatic carbocycles. The standard InChI is InChI=1S/C9H18OSi3/c1-3-10-8-4-6-9(7-5-8)13(2)12-11/h4-7,13H,3,12H2,1-2,11H3. The second-order valence-electron chi connectivity index (χ2n) is 3.31. The molecular weight excluding hydrogens is 208 g/mol. The van der Waals surface area contributed by atoms with E-state index >= 15 is 0 Å². The average Bonchev–Trinajstić information content (AvgIpc) is 2.18. The summed E-state index contributed by atoms with van der Waals surface area (Å²) in [7, 11) is 1.39. The molecule has 0 saturated heterocycles. The minimum atomic E-state index is -0.435. The molecule has 0 radical (unpaired) electrons. The Kier molecular flexibility index (Phi) is 4.47. The number of rotatable bonds is 4. The summed E-state index contributed by atoms with van der Waals surface area (Å²) in [5.41, 5.74) is 0. The van der Waals surface area contributed by atoms with Crippen molar-refractivity contribution in [2.45, 2.75) is 13.5 Å². The van der Waals surface area contributed by atoms with Gasteiger partial charge in [0, 0.05) is 8.55 Å². The lowest BCUT2D eigenvalue weighted by Crippen LogP contribution is -2.33. The average molecular weight is 226 g/mol. The molecule has 1 unspecified atom stereocenters. The van der Waals surface area contributed by atoms with E-state index in [1.54, 1.807) is 5.19 Å². The summed E-state index contributed by atoms with van der Waals surface area (Å²) >= 11 is 0. The van der Waals surface area contributed by atoms with Gasteiger partial charge in [-0.25, -0.2) is 0 Å². The first-order valence-corrected chi connectivity index (χ1v) is 15.7. The first-order valence-electron chi connectivity index (χ1n) is 5.00. The summed E-state index contributed by atoms with van der Waals surface area (Å²) in [5, 5.41) is 1.63. The zero-order valence-corrected chi connectivity index (χ0v) is 13.3. The minimum Gasteiger partial charge on any atom is -0.494 e. The van der Waals surface area contributed by atoms with Gasteiger partial charge in [0.2, 0.25) is 0 Å². The number of benzene rings is 1. The molecule has 0 aliphatic rings. The van der Waals surface area contributed by atoms with Gasteiger partial charge in [0.25, 0.3) is 0 Å². The highest BCUT2D eigenvalue weighted by molar-refractivity contribution is 7.35. The van der Waals surface area contributed by atoms with Crippen LogP contribution in [0.5, 0.6) is 5.75 Å². The Morgan fingerprint density at radius 2 is 2.00 bits per heavy atom. The largest absolute Gasteiger partial charge is 0.494 e. The van der Waals surface area contributed by atoms with Crippen molar-refractivity contribution in [2.75, 3.05) is 6.61 Å². The van der Waals surface area contributed by atoms with E-state index in [2.05, 4.69) is 30.8 Å². The van der Waals surface area contributed by atoms with Crippen LogP contribution in [0.3, 0.4) is 0 Å². The van der Waals surface area contributed by atoms with Crippen LogP contribution in [0.15, 0.2) is 24.3 Å². The zero-order valence-electron chi connectivity index (χ0n) is 8.71. The first-order chi connectivity index (χ1) is 6.27. The van der Waals surface area contributed by atoms with Crippen LogP contribution in [0, 0.1) is 0 Å². The van der Waals surface area contributed by atoms with Crippen molar-refractivity contribution in [2.24, 2.45) is 0 Å². The summed E-state index contributed by atoms with van der Waals surface area (Å²) in [6.45, 7) is 5.27. The van der Waals surface area contributed by atoms with E-state index in [0.29, 0.717) is 8.55 Å². The molecule has 0 bridgehead atoms. The first kappa shape index (κ1) is 10.7. The number of ether oxygens (including phenoxy) is 1. The summed E-state index contributed by atoms with van der Waals surface area (Å²) in [6.07, 6.45) is 0. The lowest BCUT2D eigenvalue weighted by Gasteiger charge is -2.08. The van der Waals surface area contributed by atoms with Gasteiger partial charge < -0.3 is 4.74 Å². The van der Waals surface area contributed by atoms with Crippen LogP contribution in [0.25, 0.3) is 0 Å². The maximum absolute atomic E-state index is 5.41. The summed E-state index contributed by atoms with van der Waals surface area (Å²) in [6, 6.07) is 8.78. The zero-order chi connectivity index (χ0) is 9.68. The van der Waals surface area contributed by atoms with Crippen LogP contribution >= 0.6 is 0 Å². The van der Waals surface area contributed by atoms with Crippen molar-refractivity contribution >= 4 is 31.8 Å².